The van der Waals surface area contributed by atoms with E-state index in [9.17, 15) is 0 Å². The molecule has 22 heavy (non-hydrogen) atoms. The van der Waals surface area contributed by atoms with E-state index in [2.05, 4.69) is 5.16 Å². The van der Waals surface area contributed by atoms with Gasteiger partial charge in [0.15, 0.2) is 5.84 Å². The highest BCUT2D eigenvalue weighted by atomic mass is 16.5. The molecule has 2 rings (SSSR count). The zero-order valence-electron chi connectivity index (χ0n) is 12.5. The fraction of sp³-hybridized carbons (Fsp3) is 0.235. The predicted molar refractivity (Wildman–Crippen MR) is 85.9 cm³/mol. The van der Waals surface area contributed by atoms with Gasteiger partial charge < -0.3 is 20.4 Å². The van der Waals surface area contributed by atoms with Crippen LogP contribution in [0.5, 0.6) is 0 Å². The summed E-state index contributed by atoms with van der Waals surface area (Å²) in [6, 6.07) is 15.6. The van der Waals surface area contributed by atoms with Gasteiger partial charge in [-0.05, 0) is 16.7 Å². The van der Waals surface area contributed by atoms with Crippen LogP contribution in [-0.2, 0) is 16.1 Å². The molecular formula is C17H20N2O3. The summed E-state index contributed by atoms with van der Waals surface area (Å²) in [5.74, 6) is 0.0996. The molecule has 0 radical (unpaired) electrons. The Morgan fingerprint density at radius 3 is 2.50 bits per heavy atom. The van der Waals surface area contributed by atoms with Crippen molar-refractivity contribution in [3.05, 3.63) is 59.7 Å². The van der Waals surface area contributed by atoms with Gasteiger partial charge in [-0.15, -0.1) is 0 Å². The van der Waals surface area contributed by atoms with Crippen LogP contribution in [0.3, 0.4) is 0 Å². The molecule has 0 heterocycles. The third-order valence-electron chi connectivity index (χ3n) is 3.28. The predicted octanol–water partition coefficient (Wildman–Crippen LogP) is 2.61. The number of benzene rings is 2. The first kappa shape index (κ1) is 16.0. The highest BCUT2D eigenvalue weighted by Gasteiger charge is 2.08. The Morgan fingerprint density at radius 2 is 1.82 bits per heavy atom. The first-order chi connectivity index (χ1) is 10.8. The van der Waals surface area contributed by atoms with Crippen molar-refractivity contribution in [2.75, 3.05) is 20.3 Å². The largest absolute Gasteiger partial charge is 0.409 e. The number of hydrogen-bond donors (Lipinski definition) is 2. The molecule has 2 aromatic carbocycles. The molecule has 2 aromatic rings. The molecule has 5 nitrogen and oxygen atoms in total. The molecule has 0 aromatic heterocycles. The standard InChI is InChI=1S/C17H20N2O3/c1-21-10-11-22-12-13-6-8-14(9-7-13)15-4-2-3-5-16(15)17(18)19-20/h2-9,20H,10-12H2,1H3,(H2,18,19). The van der Waals surface area contributed by atoms with E-state index in [1.807, 2.05) is 48.5 Å². The van der Waals surface area contributed by atoms with Gasteiger partial charge in [0, 0.05) is 12.7 Å². The number of nitrogens with two attached hydrogens (primary N) is 1. The highest BCUT2D eigenvalue weighted by molar-refractivity contribution is 6.03. The van der Waals surface area contributed by atoms with Gasteiger partial charge in [-0.3, -0.25) is 0 Å². The molecule has 0 bridgehead atoms. The second-order valence-electron chi connectivity index (χ2n) is 4.77. The minimum atomic E-state index is 0.0996. The average molecular weight is 300 g/mol. The maximum Gasteiger partial charge on any atom is 0.170 e. The fourth-order valence-electron chi connectivity index (χ4n) is 2.12. The molecular weight excluding hydrogens is 280 g/mol. The van der Waals surface area contributed by atoms with Crippen LogP contribution in [0.1, 0.15) is 11.1 Å². The SMILES string of the molecule is COCCOCc1ccc(-c2ccccc2/C(N)=N/O)cc1. The number of oxime groups is 1. The summed E-state index contributed by atoms with van der Waals surface area (Å²) in [4.78, 5) is 0. The molecule has 0 unspecified atom stereocenters. The summed E-state index contributed by atoms with van der Waals surface area (Å²) in [6.45, 7) is 1.71. The van der Waals surface area contributed by atoms with Gasteiger partial charge in [0.1, 0.15) is 0 Å². The fourth-order valence-corrected chi connectivity index (χ4v) is 2.12. The number of hydrogen-bond acceptors (Lipinski definition) is 4. The topological polar surface area (TPSA) is 77.1 Å². The van der Waals surface area contributed by atoms with Crippen molar-refractivity contribution in [2.45, 2.75) is 6.61 Å². The van der Waals surface area contributed by atoms with Crippen LogP contribution < -0.4 is 5.73 Å². The number of methoxy groups -OCH3 is 1. The second kappa shape index (κ2) is 8.17. The van der Waals surface area contributed by atoms with Crippen LogP contribution in [0.4, 0.5) is 0 Å². The van der Waals surface area contributed by atoms with Crippen LogP contribution in [0.15, 0.2) is 53.7 Å². The van der Waals surface area contributed by atoms with Crippen LogP contribution in [0, 0.1) is 0 Å². The van der Waals surface area contributed by atoms with Crippen molar-refractivity contribution in [3.8, 4) is 11.1 Å². The Bertz CT molecular complexity index is 624. The van der Waals surface area contributed by atoms with Crippen molar-refractivity contribution in [1.29, 1.82) is 0 Å². The lowest BCUT2D eigenvalue weighted by molar-refractivity contribution is 0.0617. The zero-order chi connectivity index (χ0) is 15.8. The summed E-state index contributed by atoms with van der Waals surface area (Å²) < 4.78 is 10.4. The van der Waals surface area contributed by atoms with E-state index in [-0.39, 0.29) is 5.84 Å². The summed E-state index contributed by atoms with van der Waals surface area (Å²) >= 11 is 0. The van der Waals surface area contributed by atoms with E-state index in [1.165, 1.54) is 0 Å². The molecule has 0 spiro atoms. The first-order valence-electron chi connectivity index (χ1n) is 6.99. The first-order valence-corrected chi connectivity index (χ1v) is 6.99. The summed E-state index contributed by atoms with van der Waals surface area (Å²) in [5, 5.41) is 12.0. The van der Waals surface area contributed by atoms with Crippen LogP contribution in [-0.4, -0.2) is 31.4 Å². The van der Waals surface area contributed by atoms with Crippen molar-refractivity contribution >= 4 is 5.84 Å². The Morgan fingerprint density at radius 1 is 1.09 bits per heavy atom. The van der Waals surface area contributed by atoms with Crippen molar-refractivity contribution in [3.63, 3.8) is 0 Å². The lowest BCUT2D eigenvalue weighted by Gasteiger charge is -2.09. The van der Waals surface area contributed by atoms with Gasteiger partial charge in [0.05, 0.1) is 19.8 Å². The third-order valence-corrected chi connectivity index (χ3v) is 3.28. The Labute approximate surface area is 130 Å². The van der Waals surface area contributed by atoms with Gasteiger partial charge in [-0.1, -0.05) is 53.7 Å². The third kappa shape index (κ3) is 4.07. The van der Waals surface area contributed by atoms with Crippen LogP contribution >= 0.6 is 0 Å². The van der Waals surface area contributed by atoms with Crippen LogP contribution in [0.2, 0.25) is 0 Å². The Balaban J connectivity index is 2.14. The van der Waals surface area contributed by atoms with Gasteiger partial charge in [0.25, 0.3) is 0 Å². The number of ether oxygens (including phenoxy) is 2. The maximum atomic E-state index is 8.88. The monoisotopic (exact) mass is 300 g/mol. The number of nitrogens with zero attached hydrogens (tertiary/aromatic N) is 1. The van der Waals surface area contributed by atoms with E-state index in [0.29, 0.717) is 25.4 Å². The average Bonchev–Trinajstić information content (AvgIpc) is 2.58. The zero-order valence-corrected chi connectivity index (χ0v) is 12.5. The quantitative estimate of drug-likeness (QED) is 0.271. The summed E-state index contributed by atoms with van der Waals surface area (Å²) in [7, 11) is 1.65. The molecule has 0 atom stereocenters. The molecule has 116 valence electrons. The summed E-state index contributed by atoms with van der Waals surface area (Å²) in [6.07, 6.45) is 0. The minimum absolute atomic E-state index is 0.0996. The molecule has 0 amide bonds. The van der Waals surface area contributed by atoms with Gasteiger partial charge in [-0.2, -0.15) is 0 Å². The molecule has 0 aliphatic carbocycles. The second-order valence-corrected chi connectivity index (χ2v) is 4.77. The highest BCUT2D eigenvalue weighted by Crippen LogP contribution is 2.24. The maximum absolute atomic E-state index is 8.88. The number of amidine groups is 1. The van der Waals surface area contributed by atoms with Crippen molar-refractivity contribution in [2.24, 2.45) is 10.9 Å². The van der Waals surface area contributed by atoms with Crippen molar-refractivity contribution in [1.82, 2.24) is 0 Å². The molecule has 0 aliphatic heterocycles. The van der Waals surface area contributed by atoms with Crippen molar-refractivity contribution < 1.29 is 14.7 Å². The van der Waals surface area contributed by atoms with Gasteiger partial charge >= 0.3 is 0 Å². The number of rotatable bonds is 7. The summed E-state index contributed by atoms with van der Waals surface area (Å²) in [5.41, 5.74) is 9.44. The van der Waals surface area contributed by atoms with E-state index >= 15 is 0 Å². The van der Waals surface area contributed by atoms with E-state index in [4.69, 9.17) is 20.4 Å². The Hall–Kier alpha value is -2.37. The molecule has 0 aliphatic rings. The minimum Gasteiger partial charge on any atom is -0.409 e. The van der Waals surface area contributed by atoms with Gasteiger partial charge in [-0.25, -0.2) is 0 Å². The normalized spacial score (nSPS) is 11.6. The van der Waals surface area contributed by atoms with Gasteiger partial charge in [0.2, 0.25) is 0 Å². The molecule has 5 heteroatoms. The van der Waals surface area contributed by atoms with E-state index in [0.717, 1.165) is 16.7 Å². The Kier molecular flexibility index (Phi) is 5.94. The molecule has 0 saturated heterocycles. The lowest BCUT2D eigenvalue weighted by Crippen LogP contribution is -2.14. The molecule has 3 N–H and O–H groups in total. The molecule has 0 saturated carbocycles. The van der Waals surface area contributed by atoms with E-state index in [1.54, 1.807) is 7.11 Å². The van der Waals surface area contributed by atoms with E-state index < -0.39 is 0 Å². The lowest BCUT2D eigenvalue weighted by atomic mass is 9.98. The smallest absolute Gasteiger partial charge is 0.170 e. The van der Waals surface area contributed by atoms with Crippen LogP contribution in [0.25, 0.3) is 11.1 Å². The molecule has 0 fully saturated rings.